The minimum atomic E-state index is -2.17. The average molecular weight is 187 g/mol. The summed E-state index contributed by atoms with van der Waals surface area (Å²) in [5.41, 5.74) is 2.04. The molecule has 0 saturated carbocycles. The van der Waals surface area contributed by atoms with E-state index in [-0.39, 0.29) is 11.3 Å². The second kappa shape index (κ2) is 5.55. The minimum Gasteiger partial charge on any atom is -0.369 e. The van der Waals surface area contributed by atoms with Crippen molar-refractivity contribution in [1.82, 2.24) is 11.6 Å². The Morgan fingerprint density at radius 2 is 1.73 bits per heavy atom. The molecule has 0 aliphatic carbocycles. The molecule has 66 valence electrons. The lowest BCUT2D eigenvalue weighted by atomic mass is 11.5. The third-order valence-electron chi connectivity index (χ3n) is 0.337. The van der Waals surface area contributed by atoms with Crippen LogP contribution in [0.4, 0.5) is 0 Å². The van der Waals surface area contributed by atoms with Crippen LogP contribution in [-0.4, -0.2) is 18.7 Å². The van der Waals surface area contributed by atoms with Crippen molar-refractivity contribution in [1.29, 1.82) is 0 Å². The van der Waals surface area contributed by atoms with Crippen LogP contribution >= 0.6 is 0 Å². The second-order valence-electron chi connectivity index (χ2n) is 0.950. The zero-order chi connectivity index (χ0) is 8.15. The van der Waals surface area contributed by atoms with Crippen molar-refractivity contribution >= 4 is 15.5 Å². The molecule has 1 aliphatic rings. The van der Waals surface area contributed by atoms with E-state index >= 15 is 0 Å². The third-order valence-corrected chi connectivity index (χ3v) is 0.806. The molecule has 1 aliphatic heterocycles. The molecule has 0 spiro atoms. The van der Waals surface area contributed by atoms with Crippen LogP contribution in [0.2, 0.25) is 0 Å². The molecule has 0 unspecified atom stereocenters. The largest absolute Gasteiger partial charge is 0.369 e. The van der Waals surface area contributed by atoms with E-state index in [1.165, 1.54) is 0 Å². The lowest BCUT2D eigenvalue weighted by Crippen LogP contribution is -1.74. The molecule has 10 heteroatoms. The summed E-state index contributed by atoms with van der Waals surface area (Å²) < 4.78 is 19.1. The molecule has 0 aromatic carbocycles. The van der Waals surface area contributed by atoms with Crippen molar-refractivity contribution < 1.29 is 18.3 Å². The summed E-state index contributed by atoms with van der Waals surface area (Å²) in [6.07, 6.45) is 0. The smallest absolute Gasteiger partial charge is 0.287 e. The molecule has 11 heavy (non-hydrogen) atoms. The molecule has 1 saturated heterocycles. The van der Waals surface area contributed by atoms with Gasteiger partial charge in [-0.1, -0.05) is 0 Å². The summed E-state index contributed by atoms with van der Waals surface area (Å²) >= 11 is 0. The maximum Gasteiger partial charge on any atom is 0.287 e. The van der Waals surface area contributed by atoms with Crippen molar-refractivity contribution in [2.24, 2.45) is 0 Å². The molecule has 0 radical (unpaired) electrons. The zero-order valence-electron chi connectivity index (χ0n) is 5.30. The van der Waals surface area contributed by atoms with Gasteiger partial charge in [0.15, 0.2) is 0 Å². The average Bonchev–Trinajstić information content (AvgIpc) is 2.38. The maximum absolute atomic E-state index is 9.54. The quantitative estimate of drug-likeness (QED) is 0.203. The van der Waals surface area contributed by atoms with Gasteiger partial charge in [0, 0.05) is 0 Å². The number of hydrogen-bond acceptors (Lipinski definition) is 6. The minimum absolute atomic E-state index is 0. The maximum atomic E-state index is 9.54. The predicted octanol–water partition coefficient (Wildman–Crippen LogP) is -1.38. The Hall–Kier alpha value is -1.23. The van der Waals surface area contributed by atoms with E-state index in [0.717, 1.165) is 0 Å². The standard InChI is InChI=1S/CHNO3S.NO3.H3N/c3-6(4)1-2-5-1;2-1(3)4;/h2H;;1H3/q;-1;/p+1. The SMILES string of the molecule is O=S(=O)=C1NO1.O=[N+]([O-])[O-].[NH4+]. The van der Waals surface area contributed by atoms with Crippen LogP contribution in [0.1, 0.15) is 0 Å². The number of nitrogens with zero attached hydrogens (tertiary/aromatic N) is 1. The van der Waals surface area contributed by atoms with Crippen LogP contribution < -0.4 is 11.6 Å². The Kier molecular flexibility index (Phi) is 6.28. The van der Waals surface area contributed by atoms with Gasteiger partial charge in [0.1, 0.15) is 0 Å². The fourth-order valence-corrected chi connectivity index (χ4v) is 0.267. The molecule has 0 aromatic heterocycles. The highest BCUT2D eigenvalue weighted by atomic mass is 32.2. The first kappa shape index (κ1) is 12.4. The molecule has 5 N–H and O–H groups in total. The van der Waals surface area contributed by atoms with Gasteiger partial charge in [0.05, 0.1) is 5.09 Å². The van der Waals surface area contributed by atoms with E-state index in [0.29, 0.717) is 0 Å². The van der Waals surface area contributed by atoms with E-state index in [1.807, 2.05) is 5.48 Å². The van der Waals surface area contributed by atoms with E-state index in [4.69, 9.17) is 15.3 Å². The molecule has 0 amide bonds. The topological polar surface area (TPSA) is 171 Å². The Bertz CT molecular complexity index is 235. The molecule has 0 atom stereocenters. The monoisotopic (exact) mass is 187 g/mol. The molecular weight excluding hydrogens is 182 g/mol. The summed E-state index contributed by atoms with van der Waals surface area (Å²) in [5, 5.41) is 14.7. The lowest BCUT2D eigenvalue weighted by Gasteiger charge is -1.74. The van der Waals surface area contributed by atoms with Gasteiger partial charge in [-0.05, 0) is 0 Å². The Balaban J connectivity index is 0. The van der Waals surface area contributed by atoms with Gasteiger partial charge in [0.25, 0.3) is 15.5 Å². The van der Waals surface area contributed by atoms with E-state index in [9.17, 15) is 8.42 Å². The number of nitrogens with one attached hydrogen (secondary N) is 1. The Morgan fingerprint density at radius 3 is 1.73 bits per heavy atom. The molecular formula is CH5N3O6S. The number of hydrogen-bond donors (Lipinski definition) is 2. The van der Waals surface area contributed by atoms with Gasteiger partial charge >= 0.3 is 0 Å². The van der Waals surface area contributed by atoms with E-state index in [2.05, 4.69) is 4.84 Å². The zero-order valence-corrected chi connectivity index (χ0v) is 6.12. The number of quaternary nitrogens is 1. The first-order valence-electron chi connectivity index (χ1n) is 1.74. The van der Waals surface area contributed by atoms with E-state index in [1.54, 1.807) is 0 Å². The summed E-state index contributed by atoms with van der Waals surface area (Å²) in [7, 11) is -2.17. The van der Waals surface area contributed by atoms with Crippen LogP contribution in [0.15, 0.2) is 0 Å². The number of hydroxylamine groups is 1. The molecule has 0 aromatic rings. The molecule has 1 fully saturated rings. The van der Waals surface area contributed by atoms with Gasteiger partial charge in [0.2, 0.25) is 0 Å². The first-order chi connectivity index (χ1) is 4.54. The first-order valence-corrected chi connectivity index (χ1v) is 2.82. The summed E-state index contributed by atoms with van der Waals surface area (Å²) in [6, 6.07) is 0. The van der Waals surface area contributed by atoms with Gasteiger partial charge in [-0.25, -0.2) is 4.84 Å². The van der Waals surface area contributed by atoms with Crippen LogP contribution in [0, 0.1) is 15.3 Å². The molecule has 1 rings (SSSR count). The summed E-state index contributed by atoms with van der Waals surface area (Å²) in [4.78, 5) is 12.3. The summed E-state index contributed by atoms with van der Waals surface area (Å²) in [5.74, 6) is 0. The van der Waals surface area contributed by atoms with Crippen molar-refractivity contribution in [3.63, 3.8) is 0 Å². The van der Waals surface area contributed by atoms with Gasteiger partial charge < -0.3 is 21.5 Å². The van der Waals surface area contributed by atoms with Crippen LogP contribution in [0.5, 0.6) is 0 Å². The van der Waals surface area contributed by atoms with Crippen LogP contribution in [-0.2, 0) is 15.1 Å². The highest BCUT2D eigenvalue weighted by molar-refractivity contribution is 7.72. The highest BCUT2D eigenvalue weighted by Crippen LogP contribution is 1.81. The van der Waals surface area contributed by atoms with Crippen molar-refractivity contribution in [2.45, 2.75) is 0 Å². The fraction of sp³-hybridized carbons (Fsp3) is 0. The highest BCUT2D eigenvalue weighted by Gasteiger charge is 2.15. The van der Waals surface area contributed by atoms with Crippen molar-refractivity contribution in [2.75, 3.05) is 0 Å². The summed E-state index contributed by atoms with van der Waals surface area (Å²) in [6.45, 7) is 0. The van der Waals surface area contributed by atoms with Gasteiger partial charge in [-0.2, -0.15) is 8.42 Å². The Morgan fingerprint density at radius 1 is 1.45 bits per heavy atom. The second-order valence-corrected chi connectivity index (χ2v) is 1.79. The van der Waals surface area contributed by atoms with Gasteiger partial charge in [-0.3, -0.25) is 0 Å². The third kappa shape index (κ3) is 12.1. The fourth-order valence-electron chi connectivity index (χ4n) is 0.0889. The van der Waals surface area contributed by atoms with E-state index < -0.39 is 15.4 Å². The molecule has 0 bridgehead atoms. The molecule has 9 nitrogen and oxygen atoms in total. The van der Waals surface area contributed by atoms with Gasteiger partial charge in [-0.15, -0.1) is 5.48 Å². The van der Waals surface area contributed by atoms with Crippen molar-refractivity contribution in [3.8, 4) is 0 Å². The number of rotatable bonds is 0. The predicted molar refractivity (Wildman–Crippen MR) is 34.5 cm³/mol. The Labute approximate surface area is 61.8 Å². The lowest BCUT2D eigenvalue weighted by molar-refractivity contribution is -0.402. The van der Waals surface area contributed by atoms with Crippen LogP contribution in [0.25, 0.3) is 0 Å². The normalized spacial score (nSPS) is 11.8. The molecule has 1 heterocycles. The van der Waals surface area contributed by atoms with Crippen molar-refractivity contribution in [3.05, 3.63) is 15.3 Å². The van der Waals surface area contributed by atoms with Crippen LogP contribution in [0.3, 0.4) is 0 Å².